The van der Waals surface area contributed by atoms with Crippen LogP contribution in [-0.4, -0.2) is 0 Å². The standard InChI is InChI=1S/C68H47NO/c1-67(2)57-33-15-11-27-49(57)50-42-40-47(43-60(50)67)69(62-37-18-14-29-52(62)54-32-20-38-63-65(54)56-41-39-44-21-9-10-26-48(44)66(56)70-63)61-36-17-13-28-51(61)53-31-19-35-59-64(53)55-30-12-16-34-58(55)68(59,45-22-5-3-6-23-45)46-24-7-4-8-25-46/h3-43H,1-2H3. The molecule has 0 atom stereocenters. The lowest BCUT2D eigenvalue weighted by Gasteiger charge is -2.34. The minimum Gasteiger partial charge on any atom is -0.455 e. The molecule has 11 aromatic carbocycles. The third-order valence-electron chi connectivity index (χ3n) is 15.6. The van der Waals surface area contributed by atoms with Crippen molar-refractivity contribution in [2.24, 2.45) is 0 Å². The Hall–Kier alpha value is -8.72. The number of para-hydroxylation sites is 2. The van der Waals surface area contributed by atoms with Crippen LogP contribution in [0.1, 0.15) is 47.2 Å². The first-order valence-electron chi connectivity index (χ1n) is 24.4. The molecule has 0 saturated heterocycles. The molecule has 2 aliphatic rings. The molecule has 0 amide bonds. The Balaban J connectivity index is 1.05. The minimum atomic E-state index is -0.524. The summed E-state index contributed by atoms with van der Waals surface area (Å²) >= 11 is 0. The van der Waals surface area contributed by atoms with Crippen LogP contribution in [0.2, 0.25) is 0 Å². The molecule has 330 valence electrons. The number of hydrogen-bond donors (Lipinski definition) is 0. The molecule has 2 aliphatic carbocycles. The largest absolute Gasteiger partial charge is 0.455 e. The van der Waals surface area contributed by atoms with Crippen LogP contribution < -0.4 is 4.90 Å². The van der Waals surface area contributed by atoms with Crippen molar-refractivity contribution in [3.63, 3.8) is 0 Å². The Labute approximate surface area is 408 Å². The molecule has 12 aromatic rings. The lowest BCUT2D eigenvalue weighted by atomic mass is 9.67. The number of hydrogen-bond acceptors (Lipinski definition) is 2. The molecule has 1 heterocycles. The van der Waals surface area contributed by atoms with E-state index in [9.17, 15) is 0 Å². The topological polar surface area (TPSA) is 16.4 Å². The van der Waals surface area contributed by atoms with E-state index < -0.39 is 5.41 Å². The van der Waals surface area contributed by atoms with Gasteiger partial charge in [-0.2, -0.15) is 0 Å². The predicted octanol–water partition coefficient (Wildman–Crippen LogP) is 18.2. The van der Waals surface area contributed by atoms with Crippen molar-refractivity contribution in [2.75, 3.05) is 4.90 Å². The maximum Gasteiger partial charge on any atom is 0.143 e. The number of rotatable bonds is 7. The molecule has 0 spiro atoms. The third-order valence-corrected chi connectivity index (χ3v) is 15.6. The van der Waals surface area contributed by atoms with Crippen molar-refractivity contribution < 1.29 is 4.42 Å². The molecule has 70 heavy (non-hydrogen) atoms. The number of anilines is 3. The van der Waals surface area contributed by atoms with E-state index in [2.05, 4.69) is 267 Å². The predicted molar refractivity (Wildman–Crippen MR) is 292 cm³/mol. The van der Waals surface area contributed by atoms with Gasteiger partial charge in [0, 0.05) is 38.4 Å². The highest BCUT2D eigenvalue weighted by molar-refractivity contribution is 6.20. The van der Waals surface area contributed by atoms with E-state index in [1.54, 1.807) is 0 Å². The third kappa shape index (κ3) is 5.68. The van der Waals surface area contributed by atoms with Gasteiger partial charge in [0.25, 0.3) is 0 Å². The summed E-state index contributed by atoms with van der Waals surface area (Å²) in [5.74, 6) is 0. The molecule has 2 nitrogen and oxygen atoms in total. The zero-order valence-corrected chi connectivity index (χ0v) is 39.0. The summed E-state index contributed by atoms with van der Waals surface area (Å²) in [5, 5.41) is 4.51. The highest BCUT2D eigenvalue weighted by Crippen LogP contribution is 2.60. The SMILES string of the molecule is CC1(C)c2ccccc2-c2ccc(N(c3ccccc3-c3cccc4c3-c3ccccc3C4(c3ccccc3)c3ccccc3)c3ccccc3-c3cccc4oc5c6ccccc6ccc5c34)cc21. The van der Waals surface area contributed by atoms with Gasteiger partial charge in [-0.1, -0.05) is 226 Å². The van der Waals surface area contributed by atoms with Gasteiger partial charge in [0.2, 0.25) is 0 Å². The monoisotopic (exact) mass is 893 g/mol. The Kier molecular flexibility index (Phi) is 8.88. The molecular weight excluding hydrogens is 847 g/mol. The zero-order valence-electron chi connectivity index (χ0n) is 39.0. The van der Waals surface area contributed by atoms with Gasteiger partial charge in [-0.25, -0.2) is 0 Å². The van der Waals surface area contributed by atoms with E-state index in [1.165, 1.54) is 66.6 Å². The molecule has 0 fully saturated rings. The van der Waals surface area contributed by atoms with E-state index >= 15 is 0 Å². The zero-order chi connectivity index (χ0) is 46.6. The summed E-state index contributed by atoms with van der Waals surface area (Å²) in [6.45, 7) is 4.75. The van der Waals surface area contributed by atoms with Gasteiger partial charge >= 0.3 is 0 Å². The van der Waals surface area contributed by atoms with Gasteiger partial charge < -0.3 is 9.32 Å². The van der Waals surface area contributed by atoms with E-state index in [1.807, 2.05) is 0 Å². The molecule has 14 rings (SSSR count). The maximum atomic E-state index is 6.82. The second-order valence-electron chi connectivity index (χ2n) is 19.5. The molecule has 1 aromatic heterocycles. The molecule has 0 bridgehead atoms. The quantitative estimate of drug-likeness (QED) is 0.158. The van der Waals surface area contributed by atoms with Crippen LogP contribution in [0.15, 0.2) is 253 Å². The lowest BCUT2D eigenvalue weighted by Crippen LogP contribution is -2.28. The number of fused-ring (bicyclic) bond motifs is 11. The van der Waals surface area contributed by atoms with Crippen LogP contribution in [0.3, 0.4) is 0 Å². The summed E-state index contributed by atoms with van der Waals surface area (Å²) in [6, 6.07) is 91.9. The van der Waals surface area contributed by atoms with Gasteiger partial charge in [0.05, 0.1) is 16.8 Å². The molecule has 0 N–H and O–H groups in total. The average molecular weight is 894 g/mol. The van der Waals surface area contributed by atoms with Gasteiger partial charge in [-0.05, 0) is 109 Å². The summed E-state index contributed by atoms with van der Waals surface area (Å²) in [6.07, 6.45) is 0. The van der Waals surface area contributed by atoms with Crippen LogP contribution in [0.5, 0.6) is 0 Å². The summed E-state index contributed by atoms with van der Waals surface area (Å²) in [4.78, 5) is 2.53. The summed E-state index contributed by atoms with van der Waals surface area (Å²) in [5.41, 5.74) is 21.9. The molecule has 0 aliphatic heterocycles. The molecule has 2 heteroatoms. The average Bonchev–Trinajstić information content (AvgIpc) is 4.04. The van der Waals surface area contributed by atoms with E-state index in [0.29, 0.717) is 0 Å². The molecule has 0 unspecified atom stereocenters. The first-order valence-corrected chi connectivity index (χ1v) is 24.4. The van der Waals surface area contributed by atoms with E-state index in [-0.39, 0.29) is 5.41 Å². The number of nitrogens with zero attached hydrogens (tertiary/aromatic N) is 1. The normalized spacial score (nSPS) is 13.8. The van der Waals surface area contributed by atoms with Crippen molar-refractivity contribution >= 4 is 49.8 Å². The second kappa shape index (κ2) is 15.4. The van der Waals surface area contributed by atoms with E-state index in [0.717, 1.165) is 61.1 Å². The first kappa shape index (κ1) is 40.4. The minimum absolute atomic E-state index is 0.196. The van der Waals surface area contributed by atoms with Crippen molar-refractivity contribution in [1.29, 1.82) is 0 Å². The van der Waals surface area contributed by atoms with Crippen LogP contribution in [0.25, 0.3) is 77.2 Å². The lowest BCUT2D eigenvalue weighted by molar-refractivity contribution is 0.660. The molecular formula is C68H47NO. The smallest absolute Gasteiger partial charge is 0.143 e. The highest BCUT2D eigenvalue weighted by Gasteiger charge is 2.47. The summed E-state index contributed by atoms with van der Waals surface area (Å²) < 4.78 is 6.82. The summed E-state index contributed by atoms with van der Waals surface area (Å²) in [7, 11) is 0. The Morgan fingerprint density at radius 3 is 1.64 bits per heavy atom. The van der Waals surface area contributed by atoms with Gasteiger partial charge in [-0.15, -0.1) is 0 Å². The Morgan fingerprint density at radius 2 is 0.900 bits per heavy atom. The van der Waals surface area contributed by atoms with Crippen molar-refractivity contribution in [1.82, 2.24) is 0 Å². The first-order chi connectivity index (χ1) is 34.5. The number of furan rings is 1. The van der Waals surface area contributed by atoms with Crippen LogP contribution in [0.4, 0.5) is 17.1 Å². The van der Waals surface area contributed by atoms with Crippen molar-refractivity contribution in [3.8, 4) is 44.5 Å². The Bertz CT molecular complexity index is 4010. The molecule has 0 saturated carbocycles. The second-order valence-corrected chi connectivity index (χ2v) is 19.5. The fourth-order valence-electron chi connectivity index (χ4n) is 12.5. The highest BCUT2D eigenvalue weighted by atomic mass is 16.3. The fourth-order valence-corrected chi connectivity index (χ4v) is 12.5. The van der Waals surface area contributed by atoms with Crippen molar-refractivity contribution in [2.45, 2.75) is 24.7 Å². The van der Waals surface area contributed by atoms with Gasteiger partial charge in [-0.3, -0.25) is 0 Å². The fraction of sp³-hybridized carbons (Fsp3) is 0.0588. The Morgan fingerprint density at radius 1 is 0.357 bits per heavy atom. The van der Waals surface area contributed by atoms with Crippen LogP contribution in [0, 0.1) is 0 Å². The van der Waals surface area contributed by atoms with Gasteiger partial charge in [0.1, 0.15) is 11.2 Å². The van der Waals surface area contributed by atoms with Crippen LogP contribution in [-0.2, 0) is 10.8 Å². The molecule has 0 radical (unpaired) electrons. The maximum absolute atomic E-state index is 6.82. The van der Waals surface area contributed by atoms with Gasteiger partial charge in [0.15, 0.2) is 0 Å². The van der Waals surface area contributed by atoms with E-state index in [4.69, 9.17) is 4.42 Å². The van der Waals surface area contributed by atoms with Crippen LogP contribution >= 0.6 is 0 Å². The number of benzene rings is 11. The van der Waals surface area contributed by atoms with Crippen molar-refractivity contribution in [3.05, 3.63) is 282 Å².